The van der Waals surface area contributed by atoms with Gasteiger partial charge >= 0.3 is 0 Å². The van der Waals surface area contributed by atoms with Gasteiger partial charge in [-0.1, -0.05) is 40.2 Å². The summed E-state index contributed by atoms with van der Waals surface area (Å²) in [6.45, 7) is 1.99. The van der Waals surface area contributed by atoms with E-state index in [9.17, 15) is 13.2 Å². The largest absolute Gasteiger partial charge is 0.350 e. The highest BCUT2D eigenvalue weighted by molar-refractivity contribution is 9.10. The summed E-state index contributed by atoms with van der Waals surface area (Å²) < 4.78 is 27.5. The zero-order valence-corrected chi connectivity index (χ0v) is 15.8. The Hall–Kier alpha value is -2.19. The quantitative estimate of drug-likeness (QED) is 0.792. The van der Waals surface area contributed by atoms with Crippen molar-refractivity contribution in [1.82, 2.24) is 10.0 Å². The van der Waals surface area contributed by atoms with E-state index < -0.39 is 16.1 Å². The Bertz CT molecular complexity index is 957. The van der Waals surface area contributed by atoms with Gasteiger partial charge in [-0.3, -0.25) is 14.5 Å². The molecule has 0 aliphatic carbocycles. The van der Waals surface area contributed by atoms with Gasteiger partial charge in [-0.25, -0.2) is 8.42 Å². The highest BCUT2D eigenvalue weighted by Crippen LogP contribution is 2.22. The van der Waals surface area contributed by atoms with E-state index in [2.05, 4.69) is 31.0 Å². The second-order valence-corrected chi connectivity index (χ2v) is 8.17. The third-order valence-electron chi connectivity index (χ3n) is 3.72. The molecule has 0 fully saturated rings. The lowest BCUT2D eigenvalue weighted by Crippen LogP contribution is -2.33. The maximum Gasteiger partial charge on any atom is 0.263 e. The maximum absolute atomic E-state index is 12.3. The molecular formula is C17H16BrN3O3S. The van der Waals surface area contributed by atoms with E-state index in [1.807, 2.05) is 24.3 Å². The first-order valence-corrected chi connectivity index (χ1v) is 9.86. The van der Waals surface area contributed by atoms with Crippen molar-refractivity contribution in [3.05, 3.63) is 64.1 Å². The molecule has 130 valence electrons. The normalized spacial score (nSPS) is 17.6. The van der Waals surface area contributed by atoms with Crippen LogP contribution in [0, 0.1) is 0 Å². The molecule has 0 radical (unpaired) electrons. The third kappa shape index (κ3) is 3.91. The topological polar surface area (TPSA) is 87.6 Å². The number of nitrogens with zero attached hydrogens (tertiary/aromatic N) is 1. The number of amides is 1. The number of hydrogen-bond acceptors (Lipinski definition) is 4. The molecule has 2 aromatic carbocycles. The fourth-order valence-electron chi connectivity index (χ4n) is 2.47. The van der Waals surface area contributed by atoms with Crippen LogP contribution in [0.3, 0.4) is 0 Å². The molecule has 6 nitrogen and oxygen atoms in total. The van der Waals surface area contributed by atoms with Crippen LogP contribution in [0.1, 0.15) is 18.1 Å². The van der Waals surface area contributed by atoms with E-state index in [0.717, 1.165) is 10.0 Å². The second kappa shape index (κ2) is 6.97. The molecule has 0 unspecified atom stereocenters. The molecule has 1 amide bonds. The lowest BCUT2D eigenvalue weighted by molar-refractivity contribution is -0.122. The molecule has 2 N–H and O–H groups in total. The van der Waals surface area contributed by atoms with Gasteiger partial charge in [-0.2, -0.15) is 0 Å². The molecule has 25 heavy (non-hydrogen) atoms. The molecule has 0 spiro atoms. The van der Waals surface area contributed by atoms with Gasteiger partial charge in [-0.05, 0) is 36.8 Å². The van der Waals surface area contributed by atoms with Crippen LogP contribution in [-0.4, -0.2) is 26.2 Å². The molecule has 2 aromatic rings. The smallest absolute Gasteiger partial charge is 0.263 e. The van der Waals surface area contributed by atoms with Crippen LogP contribution >= 0.6 is 15.9 Å². The van der Waals surface area contributed by atoms with Crippen molar-refractivity contribution in [3.63, 3.8) is 0 Å². The first-order chi connectivity index (χ1) is 11.9. The van der Waals surface area contributed by atoms with Crippen molar-refractivity contribution in [3.8, 4) is 0 Å². The number of benzene rings is 2. The second-order valence-electron chi connectivity index (χ2n) is 5.60. The summed E-state index contributed by atoms with van der Waals surface area (Å²) >= 11 is 3.38. The molecular weight excluding hydrogens is 406 g/mol. The number of nitrogens with one attached hydrogen (secondary N) is 2. The number of amidine groups is 1. The number of carbonyl (C=O) groups is 1. The monoisotopic (exact) mass is 421 g/mol. The van der Waals surface area contributed by atoms with Crippen LogP contribution < -0.4 is 10.0 Å². The summed E-state index contributed by atoms with van der Waals surface area (Å²) in [5, 5.41) is 2.80. The minimum absolute atomic E-state index is 0.176. The third-order valence-corrected chi connectivity index (χ3v) is 5.61. The van der Waals surface area contributed by atoms with Crippen LogP contribution in [0.2, 0.25) is 0 Å². The summed E-state index contributed by atoms with van der Waals surface area (Å²) in [7, 11) is -3.60. The van der Waals surface area contributed by atoms with E-state index in [0.29, 0.717) is 12.1 Å². The van der Waals surface area contributed by atoms with Crippen LogP contribution in [0.5, 0.6) is 0 Å². The van der Waals surface area contributed by atoms with Gasteiger partial charge in [0.25, 0.3) is 10.0 Å². The van der Waals surface area contributed by atoms with E-state index >= 15 is 0 Å². The molecule has 0 saturated heterocycles. The Morgan fingerprint density at radius 1 is 1.24 bits per heavy atom. The fourth-order valence-corrected chi connectivity index (χ4v) is 4.15. The van der Waals surface area contributed by atoms with Crippen molar-refractivity contribution < 1.29 is 13.2 Å². The van der Waals surface area contributed by atoms with Crippen LogP contribution in [-0.2, 0) is 21.4 Å². The number of carbonyl (C=O) groups excluding carboxylic acids is 1. The fraction of sp³-hybridized carbons (Fsp3) is 0.176. The SMILES string of the molecule is C[C@H](N=C1NS(=O)(=O)c2ccccc21)C(=O)NCc1cccc(Br)c1. The highest BCUT2D eigenvalue weighted by Gasteiger charge is 2.31. The zero-order chi connectivity index (χ0) is 18.0. The average molecular weight is 422 g/mol. The molecule has 0 bridgehead atoms. The van der Waals surface area contributed by atoms with E-state index in [-0.39, 0.29) is 16.6 Å². The highest BCUT2D eigenvalue weighted by atomic mass is 79.9. The zero-order valence-electron chi connectivity index (χ0n) is 13.4. The van der Waals surface area contributed by atoms with E-state index in [1.54, 1.807) is 25.1 Å². The number of sulfonamides is 1. The lowest BCUT2D eigenvalue weighted by atomic mass is 10.2. The van der Waals surface area contributed by atoms with Gasteiger partial charge in [0.05, 0.1) is 4.90 Å². The Morgan fingerprint density at radius 2 is 2.00 bits per heavy atom. The van der Waals surface area contributed by atoms with Crippen molar-refractivity contribution in [2.45, 2.75) is 24.4 Å². The molecule has 1 heterocycles. The number of rotatable bonds is 4. The van der Waals surface area contributed by atoms with Gasteiger partial charge in [0.2, 0.25) is 5.91 Å². The van der Waals surface area contributed by atoms with E-state index in [1.165, 1.54) is 6.07 Å². The Morgan fingerprint density at radius 3 is 2.76 bits per heavy atom. The van der Waals surface area contributed by atoms with Crippen LogP contribution in [0.25, 0.3) is 0 Å². The van der Waals surface area contributed by atoms with Gasteiger partial charge in [0.15, 0.2) is 0 Å². The van der Waals surface area contributed by atoms with E-state index in [4.69, 9.17) is 0 Å². The summed E-state index contributed by atoms with van der Waals surface area (Å²) in [4.78, 5) is 16.7. The van der Waals surface area contributed by atoms with Gasteiger partial charge in [0, 0.05) is 16.6 Å². The number of halogens is 1. The van der Waals surface area contributed by atoms with Crippen LogP contribution in [0.15, 0.2) is 62.9 Å². The molecule has 8 heteroatoms. The number of hydrogen-bond donors (Lipinski definition) is 2. The standard InChI is InChI=1S/C17H16BrN3O3S/c1-11(17(22)19-10-12-5-4-6-13(18)9-12)20-16-14-7-2-3-8-15(14)25(23,24)21-16/h2-9,11H,10H2,1H3,(H,19,22)(H,20,21)/t11-/m0/s1. The Kier molecular flexibility index (Phi) is 4.91. The summed E-state index contributed by atoms with van der Waals surface area (Å²) in [6, 6.07) is 13.4. The Balaban J connectivity index is 1.72. The molecule has 1 atom stereocenters. The Labute approximate surface area is 154 Å². The van der Waals surface area contributed by atoms with Crippen molar-refractivity contribution >= 4 is 37.7 Å². The van der Waals surface area contributed by atoms with Crippen molar-refractivity contribution in [2.75, 3.05) is 0 Å². The summed E-state index contributed by atoms with van der Waals surface area (Å²) in [5.74, 6) is -0.0863. The lowest BCUT2D eigenvalue weighted by Gasteiger charge is -2.10. The predicted octanol–water partition coefficient (Wildman–Crippen LogP) is 2.19. The van der Waals surface area contributed by atoms with Crippen LogP contribution in [0.4, 0.5) is 0 Å². The van der Waals surface area contributed by atoms with Crippen molar-refractivity contribution in [2.24, 2.45) is 4.99 Å². The minimum atomic E-state index is -3.60. The molecule has 0 aromatic heterocycles. The summed E-state index contributed by atoms with van der Waals surface area (Å²) in [6.07, 6.45) is 0. The number of fused-ring (bicyclic) bond motifs is 1. The molecule has 1 aliphatic rings. The van der Waals surface area contributed by atoms with Crippen molar-refractivity contribution in [1.29, 1.82) is 0 Å². The molecule has 3 rings (SSSR count). The maximum atomic E-state index is 12.3. The first kappa shape index (κ1) is 17.6. The van der Waals surface area contributed by atoms with Gasteiger partial charge < -0.3 is 5.32 Å². The van der Waals surface area contributed by atoms with Gasteiger partial charge in [0.1, 0.15) is 11.9 Å². The summed E-state index contributed by atoms with van der Waals surface area (Å²) in [5.41, 5.74) is 1.43. The first-order valence-electron chi connectivity index (χ1n) is 7.59. The molecule has 1 aliphatic heterocycles. The minimum Gasteiger partial charge on any atom is -0.350 e. The predicted molar refractivity (Wildman–Crippen MR) is 98.8 cm³/mol. The molecule has 0 saturated carbocycles. The van der Waals surface area contributed by atoms with Gasteiger partial charge in [-0.15, -0.1) is 0 Å². The number of aliphatic imine (C=N–C) groups is 1. The average Bonchev–Trinajstić information content (AvgIpc) is 2.84.